The third-order valence-corrected chi connectivity index (χ3v) is 6.30. The standard InChI is InChI=1S/C21H23N3O2S/c1-2-13-24(21-22-17-6-3-4-7-18(17)27-21)20(26)15-9-11-16(12-10-15)23-14-5-8-19(23)25/h2,9-12H,1,3-8,13-14H2. The van der Waals surface area contributed by atoms with E-state index in [4.69, 9.17) is 4.98 Å². The van der Waals surface area contributed by atoms with Crippen LogP contribution in [0.5, 0.6) is 0 Å². The fourth-order valence-electron chi connectivity index (χ4n) is 3.69. The van der Waals surface area contributed by atoms with Gasteiger partial charge in [-0.2, -0.15) is 0 Å². The van der Waals surface area contributed by atoms with Crippen LogP contribution in [-0.4, -0.2) is 29.9 Å². The van der Waals surface area contributed by atoms with Crippen LogP contribution in [0.2, 0.25) is 0 Å². The van der Waals surface area contributed by atoms with Crippen molar-refractivity contribution in [3.63, 3.8) is 0 Å². The van der Waals surface area contributed by atoms with Crippen molar-refractivity contribution in [1.82, 2.24) is 4.98 Å². The first-order valence-corrected chi connectivity index (χ1v) is 10.3. The van der Waals surface area contributed by atoms with Gasteiger partial charge in [-0.25, -0.2) is 4.98 Å². The van der Waals surface area contributed by atoms with E-state index in [1.807, 2.05) is 12.1 Å². The van der Waals surface area contributed by atoms with Gasteiger partial charge >= 0.3 is 0 Å². The molecule has 1 aromatic carbocycles. The van der Waals surface area contributed by atoms with Crippen molar-refractivity contribution in [2.24, 2.45) is 0 Å². The minimum atomic E-state index is -0.0831. The van der Waals surface area contributed by atoms with Crippen molar-refractivity contribution in [2.45, 2.75) is 38.5 Å². The normalized spacial score (nSPS) is 16.3. The summed E-state index contributed by atoms with van der Waals surface area (Å²) in [5.41, 5.74) is 2.60. The molecule has 0 radical (unpaired) electrons. The van der Waals surface area contributed by atoms with E-state index < -0.39 is 0 Å². The Balaban J connectivity index is 1.57. The molecule has 1 aromatic heterocycles. The maximum atomic E-state index is 13.1. The third-order valence-electron chi connectivity index (χ3n) is 5.12. The first-order valence-electron chi connectivity index (χ1n) is 9.49. The van der Waals surface area contributed by atoms with E-state index in [1.165, 1.54) is 17.7 Å². The van der Waals surface area contributed by atoms with Crippen LogP contribution in [0.1, 0.15) is 46.6 Å². The second-order valence-corrected chi connectivity index (χ2v) is 8.04. The van der Waals surface area contributed by atoms with Gasteiger partial charge in [0, 0.05) is 35.6 Å². The van der Waals surface area contributed by atoms with Gasteiger partial charge in [0.1, 0.15) is 0 Å². The van der Waals surface area contributed by atoms with Gasteiger partial charge in [0.25, 0.3) is 5.91 Å². The maximum absolute atomic E-state index is 13.1. The highest BCUT2D eigenvalue weighted by Gasteiger charge is 2.25. The van der Waals surface area contributed by atoms with Gasteiger partial charge in [0.05, 0.1) is 5.69 Å². The zero-order chi connectivity index (χ0) is 18.8. The molecule has 6 heteroatoms. The van der Waals surface area contributed by atoms with Gasteiger partial charge in [0.2, 0.25) is 5.91 Å². The Morgan fingerprint density at radius 3 is 2.63 bits per heavy atom. The summed E-state index contributed by atoms with van der Waals surface area (Å²) in [7, 11) is 0. The second-order valence-electron chi connectivity index (χ2n) is 6.97. The molecule has 140 valence electrons. The molecule has 2 amide bonds. The molecular formula is C21H23N3O2S. The second kappa shape index (κ2) is 7.64. The van der Waals surface area contributed by atoms with Gasteiger partial charge in [-0.1, -0.05) is 6.08 Å². The number of thiazole rings is 1. The van der Waals surface area contributed by atoms with Crippen LogP contribution in [-0.2, 0) is 17.6 Å². The zero-order valence-electron chi connectivity index (χ0n) is 15.3. The number of hydrogen-bond donors (Lipinski definition) is 0. The Labute approximate surface area is 163 Å². The molecule has 1 aliphatic heterocycles. The topological polar surface area (TPSA) is 53.5 Å². The highest BCUT2D eigenvalue weighted by Crippen LogP contribution is 2.32. The van der Waals surface area contributed by atoms with E-state index in [0.717, 1.165) is 42.3 Å². The summed E-state index contributed by atoms with van der Waals surface area (Å²) in [6.07, 6.45) is 7.64. The van der Waals surface area contributed by atoms with E-state index in [2.05, 4.69) is 6.58 Å². The average molecular weight is 382 g/mol. The summed E-state index contributed by atoms with van der Waals surface area (Å²) in [5, 5.41) is 0.755. The highest BCUT2D eigenvalue weighted by atomic mass is 32.1. The molecule has 5 nitrogen and oxygen atoms in total. The van der Waals surface area contributed by atoms with Crippen molar-refractivity contribution in [3.05, 3.63) is 53.1 Å². The molecule has 2 aliphatic rings. The van der Waals surface area contributed by atoms with Gasteiger partial charge in [-0.15, -0.1) is 17.9 Å². The maximum Gasteiger partial charge on any atom is 0.260 e. The fraction of sp³-hybridized carbons (Fsp3) is 0.381. The molecule has 0 unspecified atom stereocenters. The van der Waals surface area contributed by atoms with Crippen molar-refractivity contribution in [3.8, 4) is 0 Å². The smallest absolute Gasteiger partial charge is 0.260 e. The molecule has 1 saturated heterocycles. The Kier molecular flexibility index (Phi) is 5.07. The number of fused-ring (bicyclic) bond motifs is 1. The van der Waals surface area contributed by atoms with E-state index in [1.54, 1.807) is 39.3 Å². The minimum absolute atomic E-state index is 0.0831. The molecule has 0 spiro atoms. The van der Waals surface area contributed by atoms with Crippen LogP contribution in [0.15, 0.2) is 36.9 Å². The van der Waals surface area contributed by atoms with Gasteiger partial charge < -0.3 is 4.90 Å². The molecule has 0 N–H and O–H groups in total. The molecule has 2 aromatic rings. The lowest BCUT2D eigenvalue weighted by atomic mass is 10.0. The summed E-state index contributed by atoms with van der Waals surface area (Å²) in [6.45, 7) is 4.98. The molecule has 0 atom stereocenters. The number of benzene rings is 1. The van der Waals surface area contributed by atoms with Crippen LogP contribution >= 0.6 is 11.3 Å². The van der Waals surface area contributed by atoms with Crippen molar-refractivity contribution >= 4 is 34.0 Å². The number of hydrogen-bond acceptors (Lipinski definition) is 4. The molecule has 0 bridgehead atoms. The highest BCUT2D eigenvalue weighted by molar-refractivity contribution is 7.16. The minimum Gasteiger partial charge on any atom is -0.312 e. The predicted molar refractivity (Wildman–Crippen MR) is 109 cm³/mol. The summed E-state index contributed by atoms with van der Waals surface area (Å²) in [4.78, 5) is 34.5. The van der Waals surface area contributed by atoms with E-state index in [-0.39, 0.29) is 11.8 Å². The number of aryl methyl sites for hydroxylation is 2. The number of amides is 2. The Bertz CT molecular complexity index is 849. The molecule has 27 heavy (non-hydrogen) atoms. The van der Waals surface area contributed by atoms with E-state index >= 15 is 0 Å². The molecule has 4 rings (SSSR count). The quantitative estimate of drug-likeness (QED) is 0.736. The molecule has 0 saturated carbocycles. The number of carbonyl (C=O) groups excluding carboxylic acids is 2. The monoisotopic (exact) mass is 381 g/mol. The molecule has 1 aliphatic carbocycles. The Morgan fingerprint density at radius 1 is 1.19 bits per heavy atom. The van der Waals surface area contributed by atoms with Gasteiger partial charge in [-0.05, 0) is 56.4 Å². The van der Waals surface area contributed by atoms with Gasteiger partial charge in [0.15, 0.2) is 5.13 Å². The number of rotatable bonds is 5. The number of nitrogens with zero attached hydrogens (tertiary/aromatic N) is 3. The van der Waals surface area contributed by atoms with Crippen LogP contribution < -0.4 is 9.80 Å². The largest absolute Gasteiger partial charge is 0.312 e. The summed E-state index contributed by atoms with van der Waals surface area (Å²) < 4.78 is 0. The molecular weight excluding hydrogens is 358 g/mol. The molecule has 1 fully saturated rings. The third kappa shape index (κ3) is 3.54. The summed E-state index contributed by atoms with van der Waals surface area (Å²) in [6, 6.07) is 7.31. The van der Waals surface area contributed by atoms with Crippen LogP contribution in [0.3, 0.4) is 0 Å². The van der Waals surface area contributed by atoms with Crippen molar-refractivity contribution in [2.75, 3.05) is 22.9 Å². The summed E-state index contributed by atoms with van der Waals surface area (Å²) in [5.74, 6) is 0.0658. The Hall–Kier alpha value is -2.47. The van der Waals surface area contributed by atoms with Crippen LogP contribution in [0.25, 0.3) is 0 Å². The van der Waals surface area contributed by atoms with E-state index in [0.29, 0.717) is 18.5 Å². The van der Waals surface area contributed by atoms with E-state index in [9.17, 15) is 9.59 Å². The fourth-order valence-corrected chi connectivity index (χ4v) is 4.85. The van der Waals surface area contributed by atoms with Crippen molar-refractivity contribution in [1.29, 1.82) is 0 Å². The number of anilines is 2. The average Bonchev–Trinajstić information content (AvgIpc) is 3.31. The lowest BCUT2D eigenvalue weighted by Gasteiger charge is -2.19. The van der Waals surface area contributed by atoms with Crippen LogP contribution in [0.4, 0.5) is 10.8 Å². The Morgan fingerprint density at radius 2 is 1.96 bits per heavy atom. The SMILES string of the molecule is C=CCN(C(=O)c1ccc(N2CCCC2=O)cc1)c1nc2c(s1)CCCC2. The first kappa shape index (κ1) is 17.9. The first-order chi connectivity index (χ1) is 13.2. The molecule has 2 heterocycles. The summed E-state index contributed by atoms with van der Waals surface area (Å²) >= 11 is 1.62. The van der Waals surface area contributed by atoms with Gasteiger partial charge in [-0.3, -0.25) is 14.5 Å². The zero-order valence-corrected chi connectivity index (χ0v) is 16.1. The van der Waals surface area contributed by atoms with Crippen LogP contribution in [0, 0.1) is 0 Å². The number of carbonyl (C=O) groups is 2. The number of aromatic nitrogens is 1. The lowest BCUT2D eigenvalue weighted by molar-refractivity contribution is -0.117. The lowest BCUT2D eigenvalue weighted by Crippen LogP contribution is -2.31. The van der Waals surface area contributed by atoms with Crippen molar-refractivity contribution < 1.29 is 9.59 Å². The predicted octanol–water partition coefficient (Wildman–Crippen LogP) is 3.98.